The van der Waals surface area contributed by atoms with Gasteiger partial charge in [-0.2, -0.15) is 0 Å². The molecule has 1 aliphatic rings. The molecule has 0 spiro atoms. The molecule has 9 heteroatoms. The monoisotopic (exact) mass is 561 g/mol. The number of rotatable bonds is 12. The van der Waals surface area contributed by atoms with Crippen molar-refractivity contribution >= 4 is 39.1 Å². The van der Waals surface area contributed by atoms with Gasteiger partial charge in [0.15, 0.2) is 0 Å². The first kappa shape index (κ1) is 30.0. The number of hydrogen-bond acceptors (Lipinski definition) is 4. The number of aryl methyl sites for hydroxylation is 1. The van der Waals surface area contributed by atoms with Crippen LogP contribution in [0.3, 0.4) is 0 Å². The maximum absolute atomic E-state index is 13.4. The maximum atomic E-state index is 13.4. The summed E-state index contributed by atoms with van der Waals surface area (Å²) in [5.41, 5.74) is 2.38. The van der Waals surface area contributed by atoms with Crippen molar-refractivity contribution in [3.8, 4) is 0 Å². The summed E-state index contributed by atoms with van der Waals surface area (Å²) < 4.78 is 26.5. The van der Waals surface area contributed by atoms with Gasteiger partial charge in [-0.15, -0.1) is 0 Å². The van der Waals surface area contributed by atoms with Crippen LogP contribution < -0.4 is 9.62 Å². The van der Waals surface area contributed by atoms with E-state index >= 15 is 0 Å². The Balaban J connectivity index is 1.69. The number of anilines is 1. The van der Waals surface area contributed by atoms with Gasteiger partial charge in [0.05, 0.1) is 11.9 Å². The fraction of sp³-hybridized carbons (Fsp3) is 0.517. The van der Waals surface area contributed by atoms with Gasteiger partial charge in [0.25, 0.3) is 0 Å². The van der Waals surface area contributed by atoms with E-state index in [1.807, 2.05) is 37.3 Å². The van der Waals surface area contributed by atoms with E-state index in [2.05, 4.69) is 5.32 Å². The van der Waals surface area contributed by atoms with E-state index in [4.69, 9.17) is 11.6 Å². The number of nitrogens with one attached hydrogen (secondary N) is 1. The number of benzene rings is 2. The lowest BCUT2D eigenvalue weighted by atomic mass is 9.95. The number of sulfonamides is 1. The van der Waals surface area contributed by atoms with E-state index in [1.54, 1.807) is 30.0 Å². The molecule has 1 fully saturated rings. The van der Waals surface area contributed by atoms with Crippen LogP contribution in [-0.2, 0) is 26.0 Å². The van der Waals surface area contributed by atoms with Gasteiger partial charge in [-0.05, 0) is 62.8 Å². The number of nitrogens with zero attached hydrogens (tertiary/aromatic N) is 2. The largest absolute Gasteiger partial charge is 0.352 e. The molecular formula is C29H40ClN3O4S. The van der Waals surface area contributed by atoms with Crippen LogP contribution in [-0.4, -0.2) is 56.6 Å². The van der Waals surface area contributed by atoms with Crippen molar-refractivity contribution in [1.82, 2.24) is 10.2 Å². The van der Waals surface area contributed by atoms with Crippen molar-refractivity contribution in [2.24, 2.45) is 0 Å². The predicted molar refractivity (Wildman–Crippen MR) is 154 cm³/mol. The van der Waals surface area contributed by atoms with E-state index in [0.29, 0.717) is 30.1 Å². The molecule has 1 aliphatic carbocycles. The third-order valence-corrected chi connectivity index (χ3v) is 8.61. The zero-order valence-electron chi connectivity index (χ0n) is 22.7. The molecular weight excluding hydrogens is 522 g/mol. The van der Waals surface area contributed by atoms with E-state index in [9.17, 15) is 18.0 Å². The molecule has 1 saturated carbocycles. The Morgan fingerprint density at radius 3 is 2.39 bits per heavy atom. The van der Waals surface area contributed by atoms with Crippen LogP contribution in [0.4, 0.5) is 5.69 Å². The topological polar surface area (TPSA) is 86.8 Å². The number of halogens is 1. The highest BCUT2D eigenvalue weighted by Gasteiger charge is 2.28. The summed E-state index contributed by atoms with van der Waals surface area (Å²) in [7, 11) is -3.58. The third-order valence-electron chi connectivity index (χ3n) is 7.20. The minimum atomic E-state index is -3.58. The summed E-state index contributed by atoms with van der Waals surface area (Å²) in [6.45, 7) is 4.15. The number of hydrogen-bond donors (Lipinski definition) is 1. The lowest BCUT2D eigenvalue weighted by Crippen LogP contribution is -2.51. The van der Waals surface area contributed by atoms with E-state index in [1.165, 1.54) is 10.7 Å². The molecule has 208 valence electrons. The molecule has 2 aromatic carbocycles. The summed E-state index contributed by atoms with van der Waals surface area (Å²) in [4.78, 5) is 28.2. The molecule has 3 rings (SSSR count). The SMILES string of the molecule is Cc1ccc(Cl)cc1N(CCCC(=O)N(CCc1ccccc1)[C@H](C)C(=O)NC1CCCCC1)S(C)(=O)=O. The smallest absolute Gasteiger partial charge is 0.242 e. The molecule has 38 heavy (non-hydrogen) atoms. The van der Waals surface area contributed by atoms with Gasteiger partial charge >= 0.3 is 0 Å². The van der Waals surface area contributed by atoms with Crippen molar-refractivity contribution < 1.29 is 18.0 Å². The second-order valence-corrected chi connectivity index (χ2v) is 12.6. The summed E-state index contributed by atoms with van der Waals surface area (Å²) in [5.74, 6) is -0.297. The van der Waals surface area contributed by atoms with Crippen molar-refractivity contribution in [1.29, 1.82) is 0 Å². The van der Waals surface area contributed by atoms with Crippen molar-refractivity contribution in [3.05, 3.63) is 64.7 Å². The van der Waals surface area contributed by atoms with Crippen LogP contribution in [0.2, 0.25) is 5.02 Å². The second-order valence-electron chi connectivity index (χ2n) is 10.2. The number of amides is 2. The van der Waals surface area contributed by atoms with Crippen LogP contribution in [0.1, 0.15) is 63.0 Å². The molecule has 0 aliphatic heterocycles. The maximum Gasteiger partial charge on any atom is 0.242 e. The quantitative estimate of drug-likeness (QED) is 0.390. The predicted octanol–water partition coefficient (Wildman–Crippen LogP) is 5.10. The summed E-state index contributed by atoms with van der Waals surface area (Å²) in [6.07, 6.45) is 7.59. The van der Waals surface area contributed by atoms with Crippen LogP contribution in [0.5, 0.6) is 0 Å². The molecule has 2 aromatic rings. The average Bonchev–Trinajstić information content (AvgIpc) is 2.88. The van der Waals surface area contributed by atoms with Gasteiger partial charge in [-0.3, -0.25) is 13.9 Å². The third kappa shape index (κ3) is 8.73. The Bertz CT molecular complexity index is 1180. The Hall–Kier alpha value is -2.58. The first-order chi connectivity index (χ1) is 18.1. The first-order valence-electron chi connectivity index (χ1n) is 13.4. The molecule has 0 heterocycles. The lowest BCUT2D eigenvalue weighted by Gasteiger charge is -2.31. The van der Waals surface area contributed by atoms with Crippen LogP contribution in [0.25, 0.3) is 0 Å². The normalized spacial score (nSPS) is 15.1. The fourth-order valence-electron chi connectivity index (χ4n) is 4.97. The Kier molecular flexibility index (Phi) is 11.0. The van der Waals surface area contributed by atoms with Crippen LogP contribution in [0, 0.1) is 6.92 Å². The fourth-order valence-corrected chi connectivity index (χ4v) is 6.15. The highest BCUT2D eigenvalue weighted by molar-refractivity contribution is 7.92. The highest BCUT2D eigenvalue weighted by atomic mass is 35.5. The summed E-state index contributed by atoms with van der Waals surface area (Å²) >= 11 is 6.14. The zero-order chi connectivity index (χ0) is 27.7. The molecule has 7 nitrogen and oxygen atoms in total. The molecule has 2 amide bonds. The Labute approximate surface area is 232 Å². The lowest BCUT2D eigenvalue weighted by molar-refractivity contribution is -0.140. The average molecular weight is 562 g/mol. The zero-order valence-corrected chi connectivity index (χ0v) is 24.2. The first-order valence-corrected chi connectivity index (χ1v) is 15.7. The van der Waals surface area contributed by atoms with Gasteiger partial charge in [0.2, 0.25) is 21.8 Å². The van der Waals surface area contributed by atoms with Crippen LogP contribution >= 0.6 is 11.6 Å². The number of carbonyl (C=O) groups is 2. The van der Waals surface area contributed by atoms with Gasteiger partial charge < -0.3 is 10.2 Å². The van der Waals surface area contributed by atoms with Crippen molar-refractivity contribution in [2.75, 3.05) is 23.7 Å². The van der Waals surface area contributed by atoms with E-state index in [0.717, 1.165) is 43.1 Å². The standard InChI is InChI=1S/C29H40ClN3O4S/c1-22-16-17-25(30)21-27(22)33(38(3,36)37)19-10-15-28(34)32(20-18-24-11-6-4-7-12-24)23(2)29(35)31-26-13-8-5-9-14-26/h4,6-7,11-12,16-17,21,23,26H,5,8-10,13-15,18-20H2,1-3H3,(H,31,35)/t23-/m1/s1. The summed E-state index contributed by atoms with van der Waals surface area (Å²) in [6, 6.07) is 14.5. The molecule has 0 aromatic heterocycles. The van der Waals surface area contributed by atoms with Gasteiger partial charge in [0.1, 0.15) is 6.04 Å². The molecule has 1 N–H and O–H groups in total. The van der Waals surface area contributed by atoms with E-state index in [-0.39, 0.29) is 30.8 Å². The molecule has 0 unspecified atom stereocenters. The Morgan fingerprint density at radius 2 is 1.74 bits per heavy atom. The van der Waals surface area contributed by atoms with Gasteiger partial charge in [-0.1, -0.05) is 67.3 Å². The van der Waals surface area contributed by atoms with Gasteiger partial charge in [0, 0.05) is 30.6 Å². The summed E-state index contributed by atoms with van der Waals surface area (Å²) in [5, 5.41) is 3.59. The van der Waals surface area contributed by atoms with Crippen molar-refractivity contribution in [3.63, 3.8) is 0 Å². The van der Waals surface area contributed by atoms with Crippen molar-refractivity contribution in [2.45, 2.75) is 77.3 Å². The Morgan fingerprint density at radius 1 is 1.05 bits per heavy atom. The van der Waals surface area contributed by atoms with Gasteiger partial charge in [-0.25, -0.2) is 8.42 Å². The molecule has 0 bridgehead atoms. The minimum Gasteiger partial charge on any atom is -0.352 e. The molecule has 1 atom stereocenters. The molecule has 0 saturated heterocycles. The second kappa shape index (κ2) is 14.0. The van der Waals surface area contributed by atoms with Crippen LogP contribution in [0.15, 0.2) is 48.5 Å². The van der Waals surface area contributed by atoms with E-state index < -0.39 is 16.1 Å². The minimum absolute atomic E-state index is 0.126. The molecule has 0 radical (unpaired) electrons. The highest BCUT2D eigenvalue weighted by Crippen LogP contribution is 2.27. The number of carbonyl (C=O) groups excluding carboxylic acids is 2.